The minimum absolute atomic E-state index is 0.112. The molecule has 0 radical (unpaired) electrons. The Morgan fingerprint density at radius 3 is 2.89 bits per heavy atom. The highest BCUT2D eigenvalue weighted by Crippen LogP contribution is 2.22. The van der Waals surface area contributed by atoms with Gasteiger partial charge in [-0.3, -0.25) is 4.79 Å². The van der Waals surface area contributed by atoms with Crippen LogP contribution in [-0.2, 0) is 20.7 Å². The fourth-order valence-electron chi connectivity index (χ4n) is 1.95. The summed E-state index contributed by atoms with van der Waals surface area (Å²) in [5.41, 5.74) is 0.957. The van der Waals surface area contributed by atoms with E-state index in [1.54, 1.807) is 11.3 Å². The van der Waals surface area contributed by atoms with Gasteiger partial charge in [-0.15, -0.1) is 11.3 Å². The first-order valence-corrected chi connectivity index (χ1v) is 6.72. The summed E-state index contributed by atoms with van der Waals surface area (Å²) in [5, 5.41) is 0.860. The van der Waals surface area contributed by atoms with Gasteiger partial charge in [-0.05, 0) is 12.1 Å². The number of benzene rings is 1. The van der Waals surface area contributed by atoms with E-state index in [1.807, 2.05) is 24.3 Å². The van der Waals surface area contributed by atoms with Gasteiger partial charge in [-0.2, -0.15) is 0 Å². The Bertz CT molecular complexity index is 527. The second-order valence-corrected chi connectivity index (χ2v) is 5.28. The van der Waals surface area contributed by atoms with Crippen LogP contribution < -0.4 is 0 Å². The standard InChI is InChI=1S/C13H13NO3S/c15-9(8-13-16-5-6-17-13)7-12-14-10-3-1-2-4-11(10)18-12/h1-4,13H,5-8H2. The van der Waals surface area contributed by atoms with E-state index in [9.17, 15) is 4.79 Å². The molecule has 1 saturated heterocycles. The number of carbonyl (C=O) groups is 1. The molecule has 0 unspecified atom stereocenters. The van der Waals surface area contributed by atoms with Crippen molar-refractivity contribution in [3.63, 3.8) is 0 Å². The maximum Gasteiger partial charge on any atom is 0.164 e. The number of hydrogen-bond acceptors (Lipinski definition) is 5. The van der Waals surface area contributed by atoms with Gasteiger partial charge in [-0.1, -0.05) is 12.1 Å². The topological polar surface area (TPSA) is 48.4 Å². The lowest BCUT2D eigenvalue weighted by molar-refractivity contribution is -0.126. The number of nitrogens with zero attached hydrogens (tertiary/aromatic N) is 1. The smallest absolute Gasteiger partial charge is 0.164 e. The van der Waals surface area contributed by atoms with Gasteiger partial charge in [0.2, 0.25) is 0 Å². The molecule has 2 heterocycles. The summed E-state index contributed by atoms with van der Waals surface area (Å²) in [5.74, 6) is 0.112. The Balaban J connectivity index is 1.66. The van der Waals surface area contributed by atoms with Crippen LogP contribution in [0, 0.1) is 0 Å². The van der Waals surface area contributed by atoms with Crippen LogP contribution in [0.3, 0.4) is 0 Å². The van der Waals surface area contributed by atoms with E-state index in [0.29, 0.717) is 26.1 Å². The molecular formula is C13H13NO3S. The van der Waals surface area contributed by atoms with Crippen molar-refractivity contribution in [3.05, 3.63) is 29.3 Å². The van der Waals surface area contributed by atoms with E-state index in [4.69, 9.17) is 9.47 Å². The zero-order valence-electron chi connectivity index (χ0n) is 9.80. The Morgan fingerprint density at radius 1 is 1.33 bits per heavy atom. The number of ketones is 1. The molecule has 18 heavy (non-hydrogen) atoms. The quantitative estimate of drug-likeness (QED) is 0.848. The average Bonchev–Trinajstić information content (AvgIpc) is 2.96. The van der Waals surface area contributed by atoms with Crippen molar-refractivity contribution in [2.24, 2.45) is 0 Å². The van der Waals surface area contributed by atoms with Crippen LogP contribution in [-0.4, -0.2) is 30.3 Å². The molecule has 94 valence electrons. The number of hydrogen-bond donors (Lipinski definition) is 0. The summed E-state index contributed by atoms with van der Waals surface area (Å²) in [6.45, 7) is 1.16. The van der Waals surface area contributed by atoms with Crippen molar-refractivity contribution >= 4 is 27.3 Å². The number of ether oxygens (including phenoxy) is 2. The summed E-state index contributed by atoms with van der Waals surface area (Å²) in [7, 11) is 0. The fourth-order valence-corrected chi connectivity index (χ4v) is 2.94. The highest BCUT2D eigenvalue weighted by Gasteiger charge is 2.20. The minimum atomic E-state index is -0.355. The van der Waals surface area contributed by atoms with Crippen molar-refractivity contribution in [1.29, 1.82) is 0 Å². The Labute approximate surface area is 109 Å². The molecule has 2 aromatic rings. The Hall–Kier alpha value is -1.30. The molecule has 1 aromatic carbocycles. The van der Waals surface area contributed by atoms with Crippen molar-refractivity contribution in [3.8, 4) is 0 Å². The third kappa shape index (κ3) is 2.58. The molecule has 0 aliphatic carbocycles. The van der Waals surface area contributed by atoms with Crippen LogP contribution in [0.2, 0.25) is 0 Å². The second kappa shape index (κ2) is 5.14. The minimum Gasteiger partial charge on any atom is -0.350 e. The Morgan fingerprint density at radius 2 is 2.11 bits per heavy atom. The molecule has 4 nitrogen and oxygen atoms in total. The number of carbonyl (C=O) groups excluding carboxylic acids is 1. The second-order valence-electron chi connectivity index (χ2n) is 4.17. The third-order valence-electron chi connectivity index (χ3n) is 2.77. The summed E-state index contributed by atoms with van der Waals surface area (Å²) < 4.78 is 11.6. The van der Waals surface area contributed by atoms with E-state index >= 15 is 0 Å². The van der Waals surface area contributed by atoms with Crippen LogP contribution >= 0.6 is 11.3 Å². The van der Waals surface area contributed by atoms with Gasteiger partial charge >= 0.3 is 0 Å². The van der Waals surface area contributed by atoms with E-state index in [1.165, 1.54) is 0 Å². The van der Waals surface area contributed by atoms with Gasteiger partial charge in [0.15, 0.2) is 6.29 Å². The molecule has 5 heteroatoms. The van der Waals surface area contributed by atoms with Gasteiger partial charge in [0, 0.05) is 0 Å². The third-order valence-corrected chi connectivity index (χ3v) is 3.81. The molecule has 1 aliphatic heterocycles. The maximum atomic E-state index is 11.9. The lowest BCUT2D eigenvalue weighted by Gasteiger charge is -2.06. The first-order chi connectivity index (χ1) is 8.81. The average molecular weight is 263 g/mol. The lowest BCUT2D eigenvalue weighted by Crippen LogP contribution is -2.15. The number of fused-ring (bicyclic) bond motifs is 1. The SMILES string of the molecule is O=C(Cc1nc2ccccc2s1)CC1OCCO1. The Kier molecular flexibility index (Phi) is 3.36. The maximum absolute atomic E-state index is 11.9. The van der Waals surface area contributed by atoms with E-state index in [2.05, 4.69) is 4.98 Å². The summed E-state index contributed by atoms with van der Waals surface area (Å²) in [6.07, 6.45) is 0.324. The zero-order valence-corrected chi connectivity index (χ0v) is 10.6. The largest absolute Gasteiger partial charge is 0.350 e. The summed E-state index contributed by atoms with van der Waals surface area (Å²) in [6, 6.07) is 7.91. The molecular weight excluding hydrogens is 250 g/mol. The molecule has 0 N–H and O–H groups in total. The molecule has 0 bridgehead atoms. The van der Waals surface area contributed by atoms with Crippen molar-refractivity contribution in [2.75, 3.05) is 13.2 Å². The van der Waals surface area contributed by atoms with E-state index < -0.39 is 0 Å². The molecule has 1 aliphatic rings. The molecule has 0 spiro atoms. The number of aromatic nitrogens is 1. The highest BCUT2D eigenvalue weighted by molar-refractivity contribution is 7.18. The van der Waals surface area contributed by atoms with Crippen LogP contribution in [0.25, 0.3) is 10.2 Å². The molecule has 0 saturated carbocycles. The van der Waals surface area contributed by atoms with Gasteiger partial charge in [0.05, 0.1) is 36.3 Å². The van der Waals surface area contributed by atoms with E-state index in [-0.39, 0.29) is 12.1 Å². The number of rotatable bonds is 4. The fraction of sp³-hybridized carbons (Fsp3) is 0.385. The van der Waals surface area contributed by atoms with Crippen molar-refractivity contribution < 1.29 is 14.3 Å². The predicted octanol–water partition coefficient (Wildman–Crippen LogP) is 2.17. The van der Waals surface area contributed by atoms with Gasteiger partial charge in [-0.25, -0.2) is 4.98 Å². The number of Topliss-reactive ketones (excluding diaryl/α,β-unsaturated/α-hetero) is 1. The summed E-state index contributed by atoms with van der Waals surface area (Å²) in [4.78, 5) is 16.3. The normalized spacial score (nSPS) is 16.4. The van der Waals surface area contributed by atoms with Gasteiger partial charge in [0.25, 0.3) is 0 Å². The highest BCUT2D eigenvalue weighted by atomic mass is 32.1. The van der Waals surface area contributed by atoms with Crippen LogP contribution in [0.1, 0.15) is 11.4 Å². The molecule has 3 rings (SSSR count). The van der Waals surface area contributed by atoms with Gasteiger partial charge < -0.3 is 9.47 Å². The molecule has 0 atom stereocenters. The predicted molar refractivity (Wildman–Crippen MR) is 68.6 cm³/mol. The molecule has 0 amide bonds. The molecule has 1 fully saturated rings. The first-order valence-electron chi connectivity index (χ1n) is 5.90. The van der Waals surface area contributed by atoms with Crippen molar-refractivity contribution in [1.82, 2.24) is 4.98 Å². The van der Waals surface area contributed by atoms with Crippen LogP contribution in [0.4, 0.5) is 0 Å². The lowest BCUT2D eigenvalue weighted by atomic mass is 10.2. The van der Waals surface area contributed by atoms with Crippen LogP contribution in [0.5, 0.6) is 0 Å². The number of para-hydroxylation sites is 1. The monoisotopic (exact) mass is 263 g/mol. The van der Waals surface area contributed by atoms with Crippen molar-refractivity contribution in [2.45, 2.75) is 19.1 Å². The first kappa shape index (κ1) is 11.8. The van der Waals surface area contributed by atoms with Crippen LogP contribution in [0.15, 0.2) is 24.3 Å². The van der Waals surface area contributed by atoms with Gasteiger partial charge in [0.1, 0.15) is 10.8 Å². The van der Waals surface area contributed by atoms with E-state index in [0.717, 1.165) is 15.2 Å². The molecule has 1 aromatic heterocycles. The number of thiazole rings is 1. The zero-order chi connectivity index (χ0) is 12.4. The summed E-state index contributed by atoms with van der Waals surface area (Å²) >= 11 is 1.57.